The van der Waals surface area contributed by atoms with Crippen LogP contribution in [0.25, 0.3) is 16.7 Å². The third-order valence-electron chi connectivity index (χ3n) is 4.99. The van der Waals surface area contributed by atoms with Gasteiger partial charge in [0.25, 0.3) is 0 Å². The van der Waals surface area contributed by atoms with E-state index in [1.807, 2.05) is 0 Å². The molecule has 5 rings (SSSR count). The highest BCUT2D eigenvalue weighted by atomic mass is 14.3. The molecular weight excluding hydrogens is 240 g/mol. The standard InChI is InChI=1S/C20H16/c1-3-7-17-13(5-1)9-15-11-16-10-14-6-2-4-8-18(14)20(16)12-19(15)17/h1-3,5-7,11-12H,4,8-10H2. The summed E-state index contributed by atoms with van der Waals surface area (Å²) in [6.45, 7) is 0. The van der Waals surface area contributed by atoms with Crippen LogP contribution in [0.2, 0.25) is 0 Å². The Morgan fingerprint density at radius 3 is 2.65 bits per heavy atom. The summed E-state index contributed by atoms with van der Waals surface area (Å²) in [6, 6.07) is 13.8. The summed E-state index contributed by atoms with van der Waals surface area (Å²) < 4.78 is 0. The summed E-state index contributed by atoms with van der Waals surface area (Å²) in [6.07, 6.45) is 9.35. The number of allylic oxidation sites excluding steroid dienone is 4. The van der Waals surface area contributed by atoms with Crippen LogP contribution in [0.15, 0.2) is 54.1 Å². The van der Waals surface area contributed by atoms with Crippen LogP contribution >= 0.6 is 0 Å². The van der Waals surface area contributed by atoms with Gasteiger partial charge in [0.05, 0.1) is 0 Å². The Hall–Kier alpha value is -2.08. The van der Waals surface area contributed by atoms with E-state index in [0.717, 1.165) is 12.8 Å². The summed E-state index contributed by atoms with van der Waals surface area (Å²) >= 11 is 0. The number of hydrogen-bond donors (Lipinski definition) is 0. The largest absolute Gasteiger partial charge is 0.0839 e. The van der Waals surface area contributed by atoms with Crippen molar-refractivity contribution in [2.24, 2.45) is 0 Å². The normalized spacial score (nSPS) is 17.8. The Balaban J connectivity index is 1.74. The molecule has 0 fully saturated rings. The van der Waals surface area contributed by atoms with Crippen LogP contribution in [0, 0.1) is 0 Å². The van der Waals surface area contributed by atoms with E-state index in [1.54, 1.807) is 16.7 Å². The molecule has 0 amide bonds. The summed E-state index contributed by atoms with van der Waals surface area (Å²) in [7, 11) is 0. The van der Waals surface area contributed by atoms with Gasteiger partial charge in [0, 0.05) is 0 Å². The highest BCUT2D eigenvalue weighted by Crippen LogP contribution is 2.45. The molecule has 0 unspecified atom stereocenters. The number of hydrogen-bond acceptors (Lipinski definition) is 0. The smallest absolute Gasteiger partial charge is 0.00133 e. The maximum atomic E-state index is 2.47. The molecule has 96 valence electrons. The zero-order valence-corrected chi connectivity index (χ0v) is 11.4. The third-order valence-corrected chi connectivity index (χ3v) is 4.99. The minimum absolute atomic E-state index is 1.11. The second kappa shape index (κ2) is 3.73. The van der Waals surface area contributed by atoms with Crippen LogP contribution < -0.4 is 0 Å². The van der Waals surface area contributed by atoms with E-state index in [2.05, 4.69) is 48.6 Å². The summed E-state index contributed by atoms with van der Waals surface area (Å²) in [5, 5.41) is 0. The van der Waals surface area contributed by atoms with Gasteiger partial charge in [-0.15, -0.1) is 0 Å². The first-order valence-corrected chi connectivity index (χ1v) is 7.53. The fourth-order valence-electron chi connectivity index (χ4n) is 4.05. The monoisotopic (exact) mass is 256 g/mol. The molecule has 3 aliphatic carbocycles. The van der Waals surface area contributed by atoms with Gasteiger partial charge in [-0.25, -0.2) is 0 Å². The minimum Gasteiger partial charge on any atom is -0.0839 e. The average Bonchev–Trinajstić information content (AvgIpc) is 3.02. The lowest BCUT2D eigenvalue weighted by Crippen LogP contribution is -1.90. The number of fused-ring (bicyclic) bond motifs is 5. The maximum Gasteiger partial charge on any atom is -0.00133 e. The zero-order chi connectivity index (χ0) is 13.1. The van der Waals surface area contributed by atoms with Crippen molar-refractivity contribution in [3.05, 3.63) is 76.4 Å². The van der Waals surface area contributed by atoms with Crippen molar-refractivity contribution >= 4 is 5.57 Å². The lowest BCUT2D eigenvalue weighted by molar-refractivity contribution is 1.04. The van der Waals surface area contributed by atoms with Gasteiger partial charge in [-0.05, 0) is 76.3 Å². The van der Waals surface area contributed by atoms with Crippen molar-refractivity contribution in [1.82, 2.24) is 0 Å². The molecular formula is C20H16. The lowest BCUT2D eigenvalue weighted by atomic mass is 9.94. The van der Waals surface area contributed by atoms with Crippen molar-refractivity contribution in [3.8, 4) is 11.1 Å². The molecule has 0 N–H and O–H groups in total. The van der Waals surface area contributed by atoms with Crippen LogP contribution in [0.1, 0.15) is 35.1 Å². The van der Waals surface area contributed by atoms with Crippen LogP contribution in [-0.4, -0.2) is 0 Å². The number of benzene rings is 2. The first kappa shape index (κ1) is 10.7. The topological polar surface area (TPSA) is 0 Å². The van der Waals surface area contributed by atoms with Crippen molar-refractivity contribution in [2.75, 3.05) is 0 Å². The Morgan fingerprint density at radius 2 is 1.65 bits per heavy atom. The fraction of sp³-hybridized carbons (Fsp3) is 0.200. The summed E-state index contributed by atoms with van der Waals surface area (Å²) in [4.78, 5) is 0. The van der Waals surface area contributed by atoms with Gasteiger partial charge in [0.2, 0.25) is 0 Å². The molecule has 0 heterocycles. The lowest BCUT2D eigenvalue weighted by Gasteiger charge is -2.11. The van der Waals surface area contributed by atoms with Crippen LogP contribution in [0.3, 0.4) is 0 Å². The first-order chi connectivity index (χ1) is 9.90. The van der Waals surface area contributed by atoms with Gasteiger partial charge in [-0.2, -0.15) is 0 Å². The molecule has 0 spiro atoms. The van der Waals surface area contributed by atoms with Crippen molar-refractivity contribution in [2.45, 2.75) is 25.7 Å². The summed E-state index contributed by atoms with van der Waals surface area (Å²) in [5.74, 6) is 0. The van der Waals surface area contributed by atoms with Gasteiger partial charge < -0.3 is 0 Å². The molecule has 20 heavy (non-hydrogen) atoms. The Bertz CT molecular complexity index is 803. The fourth-order valence-corrected chi connectivity index (χ4v) is 4.05. The van der Waals surface area contributed by atoms with E-state index in [4.69, 9.17) is 0 Å². The molecule has 0 saturated heterocycles. The van der Waals surface area contributed by atoms with Gasteiger partial charge in [-0.3, -0.25) is 0 Å². The quantitative estimate of drug-likeness (QED) is 0.535. The maximum absolute atomic E-state index is 2.47. The second-order valence-electron chi connectivity index (χ2n) is 6.12. The van der Waals surface area contributed by atoms with Gasteiger partial charge >= 0.3 is 0 Å². The predicted octanol–water partition coefficient (Wildman–Crippen LogP) is 4.92. The van der Waals surface area contributed by atoms with Gasteiger partial charge in [0.15, 0.2) is 0 Å². The van der Waals surface area contributed by atoms with E-state index >= 15 is 0 Å². The minimum atomic E-state index is 1.11. The molecule has 0 radical (unpaired) electrons. The van der Waals surface area contributed by atoms with Crippen LogP contribution in [0.4, 0.5) is 0 Å². The number of rotatable bonds is 0. The van der Waals surface area contributed by atoms with Crippen molar-refractivity contribution < 1.29 is 0 Å². The molecule has 0 heteroatoms. The van der Waals surface area contributed by atoms with Crippen molar-refractivity contribution in [1.29, 1.82) is 0 Å². The predicted molar refractivity (Wildman–Crippen MR) is 83.7 cm³/mol. The highest BCUT2D eigenvalue weighted by molar-refractivity contribution is 5.86. The van der Waals surface area contributed by atoms with Crippen molar-refractivity contribution in [3.63, 3.8) is 0 Å². The van der Waals surface area contributed by atoms with Gasteiger partial charge in [0.1, 0.15) is 0 Å². The van der Waals surface area contributed by atoms with Gasteiger partial charge in [-0.1, -0.05) is 42.5 Å². The molecule has 2 aromatic rings. The van der Waals surface area contributed by atoms with E-state index in [1.165, 1.54) is 40.7 Å². The van der Waals surface area contributed by atoms with E-state index in [9.17, 15) is 0 Å². The summed E-state index contributed by atoms with van der Waals surface area (Å²) in [5.41, 5.74) is 12.2. The molecule has 3 aliphatic rings. The molecule has 2 aromatic carbocycles. The molecule has 0 atom stereocenters. The third kappa shape index (κ3) is 1.31. The Morgan fingerprint density at radius 1 is 0.750 bits per heavy atom. The molecule has 0 aliphatic heterocycles. The zero-order valence-electron chi connectivity index (χ0n) is 11.4. The molecule has 0 saturated carbocycles. The van der Waals surface area contributed by atoms with E-state index in [0.29, 0.717) is 0 Å². The van der Waals surface area contributed by atoms with E-state index in [-0.39, 0.29) is 0 Å². The molecule has 0 aromatic heterocycles. The molecule has 0 nitrogen and oxygen atoms in total. The first-order valence-electron chi connectivity index (χ1n) is 7.53. The average molecular weight is 256 g/mol. The SMILES string of the molecule is C1=CC2=C(CC1)c1cc3c(cc1C2)Cc1ccccc1-3. The Labute approximate surface area is 119 Å². The van der Waals surface area contributed by atoms with E-state index < -0.39 is 0 Å². The Kier molecular flexibility index (Phi) is 1.99. The van der Waals surface area contributed by atoms with Crippen LogP contribution in [0.5, 0.6) is 0 Å². The molecule has 0 bridgehead atoms. The second-order valence-corrected chi connectivity index (χ2v) is 6.12. The highest BCUT2D eigenvalue weighted by Gasteiger charge is 2.26. The van der Waals surface area contributed by atoms with Crippen LogP contribution in [-0.2, 0) is 12.8 Å².